The molecular formula is C22H26N2O4. The van der Waals surface area contributed by atoms with Crippen molar-refractivity contribution in [2.24, 2.45) is 0 Å². The second kappa shape index (κ2) is 10.2. The molecule has 0 aliphatic heterocycles. The molecule has 0 bridgehead atoms. The predicted octanol–water partition coefficient (Wildman–Crippen LogP) is 3.64. The summed E-state index contributed by atoms with van der Waals surface area (Å²) in [5.41, 5.74) is 1.49. The Morgan fingerprint density at radius 1 is 0.929 bits per heavy atom. The van der Waals surface area contributed by atoms with Crippen LogP contribution in [-0.4, -0.2) is 31.1 Å². The summed E-state index contributed by atoms with van der Waals surface area (Å²) in [5.74, 6) is 0.830. The van der Waals surface area contributed by atoms with Gasteiger partial charge in [0.15, 0.2) is 0 Å². The number of nitrogens with one attached hydrogen (secondary N) is 2. The fourth-order valence-corrected chi connectivity index (χ4v) is 2.35. The molecule has 0 aromatic heterocycles. The van der Waals surface area contributed by atoms with Gasteiger partial charge in [0.2, 0.25) is 11.8 Å². The van der Waals surface area contributed by atoms with Crippen molar-refractivity contribution in [1.82, 2.24) is 5.32 Å². The van der Waals surface area contributed by atoms with Crippen molar-refractivity contribution in [3.05, 3.63) is 60.2 Å². The van der Waals surface area contributed by atoms with E-state index in [1.165, 1.54) is 6.08 Å². The molecule has 0 saturated carbocycles. The van der Waals surface area contributed by atoms with Crippen molar-refractivity contribution in [1.29, 1.82) is 0 Å². The number of anilines is 1. The van der Waals surface area contributed by atoms with Crippen LogP contribution in [0.4, 0.5) is 5.69 Å². The van der Waals surface area contributed by atoms with Gasteiger partial charge in [0.25, 0.3) is 0 Å². The first-order valence-electron chi connectivity index (χ1n) is 9.07. The van der Waals surface area contributed by atoms with Crippen LogP contribution in [0.3, 0.4) is 0 Å². The highest BCUT2D eigenvalue weighted by atomic mass is 16.5. The van der Waals surface area contributed by atoms with Crippen molar-refractivity contribution in [2.75, 3.05) is 12.4 Å². The van der Waals surface area contributed by atoms with Gasteiger partial charge in [-0.05, 0) is 68.8 Å². The summed E-state index contributed by atoms with van der Waals surface area (Å²) in [4.78, 5) is 24.3. The Morgan fingerprint density at radius 3 is 2.11 bits per heavy atom. The molecule has 6 nitrogen and oxygen atoms in total. The van der Waals surface area contributed by atoms with E-state index in [0.717, 1.165) is 17.1 Å². The maximum Gasteiger partial charge on any atom is 0.246 e. The number of hydrogen-bond acceptors (Lipinski definition) is 4. The third-order valence-electron chi connectivity index (χ3n) is 3.79. The number of ether oxygens (including phenoxy) is 2. The normalized spacial score (nSPS) is 11.9. The van der Waals surface area contributed by atoms with E-state index < -0.39 is 6.04 Å². The average Bonchev–Trinajstić information content (AvgIpc) is 2.67. The van der Waals surface area contributed by atoms with Crippen LogP contribution in [0.2, 0.25) is 0 Å². The molecule has 0 saturated heterocycles. The van der Waals surface area contributed by atoms with Gasteiger partial charge in [-0.25, -0.2) is 0 Å². The molecule has 2 rings (SSSR count). The van der Waals surface area contributed by atoms with Crippen molar-refractivity contribution in [3.8, 4) is 11.5 Å². The van der Waals surface area contributed by atoms with Gasteiger partial charge in [0.1, 0.15) is 17.5 Å². The number of methoxy groups -OCH3 is 1. The summed E-state index contributed by atoms with van der Waals surface area (Å²) in [5, 5.41) is 5.41. The summed E-state index contributed by atoms with van der Waals surface area (Å²) < 4.78 is 10.7. The average molecular weight is 382 g/mol. The Balaban J connectivity index is 1.85. The van der Waals surface area contributed by atoms with Gasteiger partial charge in [0, 0.05) is 11.8 Å². The second-order valence-corrected chi connectivity index (χ2v) is 6.52. The first-order valence-corrected chi connectivity index (χ1v) is 9.07. The highest BCUT2D eigenvalue weighted by molar-refractivity contribution is 5.99. The lowest BCUT2D eigenvalue weighted by Gasteiger charge is -2.14. The van der Waals surface area contributed by atoms with E-state index in [0.29, 0.717) is 5.69 Å². The second-order valence-electron chi connectivity index (χ2n) is 6.52. The van der Waals surface area contributed by atoms with Gasteiger partial charge in [-0.3, -0.25) is 9.59 Å². The fraction of sp³-hybridized carbons (Fsp3) is 0.273. The number of hydrogen-bond donors (Lipinski definition) is 2. The minimum absolute atomic E-state index is 0.0849. The molecule has 2 aromatic carbocycles. The zero-order valence-corrected chi connectivity index (χ0v) is 16.6. The van der Waals surface area contributed by atoms with Crippen molar-refractivity contribution >= 4 is 23.6 Å². The molecule has 6 heteroatoms. The third kappa shape index (κ3) is 6.79. The highest BCUT2D eigenvalue weighted by Gasteiger charge is 2.14. The molecule has 0 aliphatic carbocycles. The van der Waals surface area contributed by atoms with E-state index in [1.54, 1.807) is 44.4 Å². The van der Waals surface area contributed by atoms with Crippen LogP contribution >= 0.6 is 0 Å². The van der Waals surface area contributed by atoms with Gasteiger partial charge in [0.05, 0.1) is 13.2 Å². The maximum atomic E-state index is 12.3. The molecular weight excluding hydrogens is 356 g/mol. The molecule has 1 unspecified atom stereocenters. The zero-order valence-electron chi connectivity index (χ0n) is 16.6. The molecule has 2 N–H and O–H groups in total. The van der Waals surface area contributed by atoms with Crippen molar-refractivity contribution in [3.63, 3.8) is 0 Å². The van der Waals surface area contributed by atoms with Crippen molar-refractivity contribution in [2.45, 2.75) is 32.9 Å². The minimum atomic E-state index is -0.681. The van der Waals surface area contributed by atoms with E-state index in [-0.39, 0.29) is 17.9 Å². The van der Waals surface area contributed by atoms with Crippen LogP contribution in [0, 0.1) is 0 Å². The fourth-order valence-electron chi connectivity index (χ4n) is 2.35. The lowest BCUT2D eigenvalue weighted by atomic mass is 10.2. The SMILES string of the molecule is COc1ccc(/C=C/C(=O)NC(C)C(=O)Nc2ccc(OC(C)C)cc2)cc1. The molecule has 0 heterocycles. The quantitative estimate of drug-likeness (QED) is 0.684. The minimum Gasteiger partial charge on any atom is -0.497 e. The number of carbonyl (C=O) groups excluding carboxylic acids is 2. The monoisotopic (exact) mass is 382 g/mol. The van der Waals surface area contributed by atoms with Crippen LogP contribution in [-0.2, 0) is 9.59 Å². The Kier molecular flexibility index (Phi) is 7.63. The van der Waals surface area contributed by atoms with Crippen LogP contribution in [0.1, 0.15) is 26.3 Å². The third-order valence-corrected chi connectivity index (χ3v) is 3.79. The zero-order chi connectivity index (χ0) is 20.5. The lowest BCUT2D eigenvalue weighted by molar-refractivity contribution is -0.123. The number of benzene rings is 2. The summed E-state index contributed by atoms with van der Waals surface area (Å²) in [7, 11) is 1.60. The molecule has 2 aromatic rings. The van der Waals surface area contributed by atoms with E-state index in [9.17, 15) is 9.59 Å². The topological polar surface area (TPSA) is 76.7 Å². The largest absolute Gasteiger partial charge is 0.497 e. The van der Waals surface area contributed by atoms with Crippen molar-refractivity contribution < 1.29 is 19.1 Å². The van der Waals surface area contributed by atoms with Crippen LogP contribution < -0.4 is 20.1 Å². The summed E-state index contributed by atoms with van der Waals surface area (Å²) in [6.07, 6.45) is 3.15. The molecule has 0 radical (unpaired) electrons. The van der Waals surface area contributed by atoms with Gasteiger partial charge >= 0.3 is 0 Å². The smallest absolute Gasteiger partial charge is 0.246 e. The van der Waals surface area contributed by atoms with Crippen LogP contribution in [0.5, 0.6) is 11.5 Å². The number of carbonyl (C=O) groups is 2. The molecule has 0 spiro atoms. The van der Waals surface area contributed by atoms with Gasteiger partial charge in [-0.15, -0.1) is 0 Å². The number of amides is 2. The molecule has 1 atom stereocenters. The van der Waals surface area contributed by atoms with E-state index in [1.807, 2.05) is 38.1 Å². The summed E-state index contributed by atoms with van der Waals surface area (Å²) in [6, 6.07) is 13.7. The summed E-state index contributed by atoms with van der Waals surface area (Å²) in [6.45, 7) is 5.52. The Morgan fingerprint density at radius 2 is 1.54 bits per heavy atom. The first kappa shape index (κ1) is 21.0. The summed E-state index contributed by atoms with van der Waals surface area (Å²) >= 11 is 0. The van der Waals surface area contributed by atoms with Gasteiger partial charge < -0.3 is 20.1 Å². The van der Waals surface area contributed by atoms with E-state index in [2.05, 4.69) is 10.6 Å². The standard InChI is InChI=1S/C22H26N2O4/c1-15(2)28-20-12-8-18(9-13-20)24-22(26)16(3)23-21(25)14-7-17-5-10-19(27-4)11-6-17/h5-16H,1-4H3,(H,23,25)(H,24,26)/b14-7+. The molecule has 0 aliphatic rings. The van der Waals surface area contributed by atoms with Crippen LogP contribution in [0.15, 0.2) is 54.6 Å². The Hall–Kier alpha value is -3.28. The van der Waals surface area contributed by atoms with E-state index in [4.69, 9.17) is 9.47 Å². The lowest BCUT2D eigenvalue weighted by Crippen LogP contribution is -2.40. The predicted molar refractivity (Wildman–Crippen MR) is 110 cm³/mol. The Labute approximate surface area is 165 Å². The molecule has 2 amide bonds. The number of rotatable bonds is 8. The van der Waals surface area contributed by atoms with Gasteiger partial charge in [-0.2, -0.15) is 0 Å². The molecule has 0 fully saturated rings. The molecule has 28 heavy (non-hydrogen) atoms. The Bertz CT molecular complexity index is 811. The first-order chi connectivity index (χ1) is 13.4. The van der Waals surface area contributed by atoms with Gasteiger partial charge in [-0.1, -0.05) is 12.1 Å². The maximum absolute atomic E-state index is 12.3. The van der Waals surface area contributed by atoms with E-state index >= 15 is 0 Å². The highest BCUT2D eigenvalue weighted by Crippen LogP contribution is 2.17. The van der Waals surface area contributed by atoms with Crippen LogP contribution in [0.25, 0.3) is 6.08 Å². The molecule has 148 valence electrons.